The summed E-state index contributed by atoms with van der Waals surface area (Å²) < 4.78 is 21.7. The molecular weight excluding hydrogens is 417 g/mol. The highest BCUT2D eigenvalue weighted by Crippen LogP contribution is 2.38. The molecule has 0 saturated carbocycles. The molecule has 0 bridgehead atoms. The standard InChI is InChI=1S/C27H24FN3O2/c28-19-8-9-22-23(21-6-2-1-4-18(21)16-33-26(22)14-19)12-17-7-10-25-24(13-17)30-27(32)31(25)15-20-5-3-11-29-20/h1-2,4,6-10,12-14,20,29H,3,5,11,15-16H2,(H,30,32)/b23-12+/t20-/m0/s1. The molecule has 2 aliphatic heterocycles. The van der Waals surface area contributed by atoms with Gasteiger partial charge in [-0.2, -0.15) is 0 Å². The number of hydrogen-bond acceptors (Lipinski definition) is 3. The minimum Gasteiger partial charge on any atom is -0.488 e. The van der Waals surface area contributed by atoms with Crippen molar-refractivity contribution < 1.29 is 9.13 Å². The Balaban J connectivity index is 1.46. The maximum absolute atomic E-state index is 13.9. The van der Waals surface area contributed by atoms with Gasteiger partial charge in [0, 0.05) is 24.2 Å². The zero-order chi connectivity index (χ0) is 22.4. The second-order valence-electron chi connectivity index (χ2n) is 8.75. The first-order valence-electron chi connectivity index (χ1n) is 11.3. The van der Waals surface area contributed by atoms with Crippen LogP contribution < -0.4 is 15.7 Å². The number of fused-ring (bicyclic) bond motifs is 3. The monoisotopic (exact) mass is 441 g/mol. The molecule has 0 unspecified atom stereocenters. The Labute approximate surface area is 190 Å². The molecule has 2 N–H and O–H groups in total. The Hall–Kier alpha value is -3.64. The molecule has 33 heavy (non-hydrogen) atoms. The molecule has 2 aliphatic rings. The van der Waals surface area contributed by atoms with Crippen LogP contribution >= 0.6 is 0 Å². The van der Waals surface area contributed by atoms with Crippen LogP contribution in [0.4, 0.5) is 4.39 Å². The van der Waals surface area contributed by atoms with Crippen LogP contribution in [0.1, 0.15) is 35.1 Å². The maximum Gasteiger partial charge on any atom is 0.326 e. The first-order chi connectivity index (χ1) is 16.2. The average Bonchev–Trinajstić information content (AvgIpc) is 3.41. The number of benzene rings is 3. The molecule has 0 spiro atoms. The zero-order valence-electron chi connectivity index (χ0n) is 18.1. The number of halogens is 1. The molecule has 6 heteroatoms. The number of ether oxygens (including phenoxy) is 1. The van der Waals surface area contributed by atoms with E-state index in [4.69, 9.17) is 4.74 Å². The second-order valence-corrected chi connectivity index (χ2v) is 8.75. The minimum atomic E-state index is -0.323. The first-order valence-corrected chi connectivity index (χ1v) is 11.3. The largest absolute Gasteiger partial charge is 0.488 e. The van der Waals surface area contributed by atoms with E-state index in [0.29, 0.717) is 24.9 Å². The van der Waals surface area contributed by atoms with Gasteiger partial charge in [0.15, 0.2) is 0 Å². The van der Waals surface area contributed by atoms with Crippen LogP contribution in [0.25, 0.3) is 22.7 Å². The predicted octanol–water partition coefficient (Wildman–Crippen LogP) is 4.70. The van der Waals surface area contributed by atoms with Gasteiger partial charge in [0.1, 0.15) is 18.2 Å². The molecule has 0 amide bonds. The number of aromatic nitrogens is 2. The molecule has 1 aromatic heterocycles. The molecule has 0 aliphatic carbocycles. The van der Waals surface area contributed by atoms with Crippen molar-refractivity contribution >= 4 is 22.7 Å². The van der Waals surface area contributed by atoms with Crippen molar-refractivity contribution in [3.05, 3.63) is 99.2 Å². The second kappa shape index (κ2) is 8.05. The van der Waals surface area contributed by atoms with Gasteiger partial charge in [0.05, 0.1) is 11.0 Å². The predicted molar refractivity (Wildman–Crippen MR) is 128 cm³/mol. The summed E-state index contributed by atoms with van der Waals surface area (Å²) in [6.45, 7) is 2.06. The summed E-state index contributed by atoms with van der Waals surface area (Å²) in [5.41, 5.74) is 6.50. The van der Waals surface area contributed by atoms with Gasteiger partial charge in [-0.3, -0.25) is 4.57 Å². The topological polar surface area (TPSA) is 59.1 Å². The summed E-state index contributed by atoms with van der Waals surface area (Å²) in [6.07, 6.45) is 4.32. The lowest BCUT2D eigenvalue weighted by atomic mass is 9.92. The lowest BCUT2D eigenvalue weighted by Gasteiger charge is -2.12. The van der Waals surface area contributed by atoms with E-state index in [1.807, 2.05) is 41.0 Å². The Morgan fingerprint density at radius 3 is 2.88 bits per heavy atom. The summed E-state index contributed by atoms with van der Waals surface area (Å²) >= 11 is 0. The Kier molecular flexibility index (Phi) is 4.88. The highest BCUT2D eigenvalue weighted by molar-refractivity contribution is 5.95. The molecule has 4 aromatic rings. The van der Waals surface area contributed by atoms with E-state index in [9.17, 15) is 9.18 Å². The van der Waals surface area contributed by atoms with Gasteiger partial charge < -0.3 is 15.0 Å². The first kappa shape index (κ1) is 20.0. The third-order valence-corrected chi connectivity index (χ3v) is 6.60. The van der Waals surface area contributed by atoms with E-state index in [0.717, 1.165) is 58.2 Å². The number of H-pyrrole nitrogens is 1. The molecule has 3 heterocycles. The molecule has 5 nitrogen and oxygen atoms in total. The number of hydrogen-bond donors (Lipinski definition) is 2. The third-order valence-electron chi connectivity index (χ3n) is 6.60. The van der Waals surface area contributed by atoms with Crippen LogP contribution in [0, 0.1) is 5.82 Å². The summed E-state index contributed by atoms with van der Waals surface area (Å²) in [4.78, 5) is 15.7. The SMILES string of the molecule is O=c1[nH]c2cc(/C=C3\c4ccccc4COc4cc(F)ccc43)ccc2n1C[C@@H]1CCCN1. The van der Waals surface area contributed by atoms with Crippen molar-refractivity contribution in [2.45, 2.75) is 32.0 Å². The zero-order valence-corrected chi connectivity index (χ0v) is 18.1. The van der Waals surface area contributed by atoms with Crippen LogP contribution in [0.2, 0.25) is 0 Å². The van der Waals surface area contributed by atoms with Crippen molar-refractivity contribution in [3.63, 3.8) is 0 Å². The molecule has 3 aromatic carbocycles. The number of nitrogens with one attached hydrogen (secondary N) is 2. The van der Waals surface area contributed by atoms with E-state index in [2.05, 4.69) is 22.4 Å². The third kappa shape index (κ3) is 3.66. The number of nitrogens with zero attached hydrogens (tertiary/aromatic N) is 1. The summed E-state index contributed by atoms with van der Waals surface area (Å²) in [6, 6.07) is 19.1. The fourth-order valence-electron chi connectivity index (χ4n) is 4.95. The van der Waals surface area contributed by atoms with E-state index in [-0.39, 0.29) is 11.5 Å². The Morgan fingerprint density at radius 1 is 1.09 bits per heavy atom. The van der Waals surface area contributed by atoms with Gasteiger partial charge >= 0.3 is 5.69 Å². The van der Waals surface area contributed by atoms with E-state index < -0.39 is 0 Å². The summed E-state index contributed by atoms with van der Waals surface area (Å²) in [5.74, 6) is 0.207. The molecule has 1 fully saturated rings. The molecular formula is C27H24FN3O2. The van der Waals surface area contributed by atoms with E-state index in [1.54, 1.807) is 6.07 Å². The van der Waals surface area contributed by atoms with Crippen molar-refractivity contribution in [1.82, 2.24) is 14.9 Å². The maximum atomic E-state index is 13.9. The minimum absolute atomic E-state index is 0.0856. The van der Waals surface area contributed by atoms with Gasteiger partial charge in [-0.25, -0.2) is 9.18 Å². The molecule has 1 atom stereocenters. The highest BCUT2D eigenvalue weighted by Gasteiger charge is 2.20. The Morgan fingerprint density at radius 2 is 2.00 bits per heavy atom. The van der Waals surface area contributed by atoms with Gasteiger partial charge in [0.25, 0.3) is 0 Å². The van der Waals surface area contributed by atoms with Crippen LogP contribution in [0.3, 0.4) is 0 Å². The van der Waals surface area contributed by atoms with Crippen molar-refractivity contribution in [1.29, 1.82) is 0 Å². The van der Waals surface area contributed by atoms with Crippen LogP contribution in [-0.4, -0.2) is 22.1 Å². The van der Waals surface area contributed by atoms with E-state index in [1.165, 1.54) is 12.1 Å². The van der Waals surface area contributed by atoms with Crippen molar-refractivity contribution in [2.24, 2.45) is 0 Å². The molecule has 166 valence electrons. The van der Waals surface area contributed by atoms with Crippen LogP contribution in [0.15, 0.2) is 65.5 Å². The lowest BCUT2D eigenvalue weighted by molar-refractivity contribution is 0.305. The fraction of sp³-hybridized carbons (Fsp3) is 0.222. The quantitative estimate of drug-likeness (QED) is 0.485. The number of aromatic amines is 1. The van der Waals surface area contributed by atoms with Crippen LogP contribution in [-0.2, 0) is 13.2 Å². The highest BCUT2D eigenvalue weighted by atomic mass is 19.1. The van der Waals surface area contributed by atoms with E-state index >= 15 is 0 Å². The van der Waals surface area contributed by atoms with Crippen molar-refractivity contribution in [2.75, 3.05) is 6.54 Å². The van der Waals surface area contributed by atoms with Gasteiger partial charge in [0.2, 0.25) is 0 Å². The fourth-order valence-corrected chi connectivity index (χ4v) is 4.95. The van der Waals surface area contributed by atoms with Gasteiger partial charge in [-0.1, -0.05) is 30.3 Å². The number of imidazole rings is 1. The van der Waals surface area contributed by atoms with Gasteiger partial charge in [-0.05, 0) is 72.0 Å². The average molecular weight is 442 g/mol. The van der Waals surface area contributed by atoms with Crippen molar-refractivity contribution in [3.8, 4) is 5.75 Å². The molecule has 1 saturated heterocycles. The summed E-state index contributed by atoms with van der Waals surface area (Å²) in [5, 5.41) is 3.46. The smallest absolute Gasteiger partial charge is 0.326 e. The number of rotatable bonds is 3. The summed E-state index contributed by atoms with van der Waals surface area (Å²) in [7, 11) is 0. The normalized spacial score (nSPS) is 18.7. The van der Waals surface area contributed by atoms with Gasteiger partial charge in [-0.15, -0.1) is 0 Å². The molecule has 6 rings (SSSR count). The molecule has 0 radical (unpaired) electrons. The van der Waals surface area contributed by atoms with Crippen LogP contribution in [0.5, 0.6) is 5.75 Å². The lowest BCUT2D eigenvalue weighted by Crippen LogP contribution is -2.31. The Bertz CT molecular complexity index is 1440.